The highest BCUT2D eigenvalue weighted by Crippen LogP contribution is 2.19. The minimum atomic E-state index is 0.545. The van der Waals surface area contributed by atoms with Crippen LogP contribution in [0.2, 0.25) is 5.02 Å². The van der Waals surface area contributed by atoms with Gasteiger partial charge in [0.2, 0.25) is 11.7 Å². The van der Waals surface area contributed by atoms with E-state index in [2.05, 4.69) is 30.4 Å². The van der Waals surface area contributed by atoms with Crippen molar-refractivity contribution < 1.29 is 4.52 Å². The fourth-order valence-corrected chi connectivity index (χ4v) is 2.78. The van der Waals surface area contributed by atoms with E-state index < -0.39 is 0 Å². The Hall–Kier alpha value is -3.32. The van der Waals surface area contributed by atoms with Crippen LogP contribution in [0, 0.1) is 6.92 Å². The van der Waals surface area contributed by atoms with Gasteiger partial charge >= 0.3 is 0 Å². The van der Waals surface area contributed by atoms with Crippen molar-refractivity contribution >= 4 is 17.4 Å². The Bertz CT molecular complexity index is 1070. The molecule has 3 heterocycles. The Balaban J connectivity index is 1.40. The summed E-state index contributed by atoms with van der Waals surface area (Å²) in [4.78, 5) is 17.6. The Labute approximate surface area is 166 Å². The van der Waals surface area contributed by atoms with Crippen LogP contribution < -0.4 is 5.32 Å². The molecule has 1 N–H and O–H groups in total. The summed E-state index contributed by atoms with van der Waals surface area (Å²) < 4.78 is 5.33. The number of benzene rings is 1. The molecule has 0 amide bonds. The second kappa shape index (κ2) is 8.14. The monoisotopic (exact) mass is 392 g/mol. The molecule has 0 saturated carbocycles. The normalized spacial score (nSPS) is 10.8. The fraction of sp³-hybridized carbons (Fsp3) is 0.150. The first-order valence-corrected chi connectivity index (χ1v) is 9.14. The number of anilines is 1. The van der Waals surface area contributed by atoms with E-state index in [1.54, 1.807) is 24.5 Å². The third-order valence-corrected chi connectivity index (χ3v) is 4.24. The van der Waals surface area contributed by atoms with E-state index in [0.29, 0.717) is 35.5 Å². The smallest absolute Gasteiger partial charge is 0.228 e. The highest BCUT2D eigenvalue weighted by atomic mass is 35.5. The molecule has 0 fully saturated rings. The Morgan fingerprint density at radius 3 is 2.64 bits per heavy atom. The van der Waals surface area contributed by atoms with Crippen molar-refractivity contribution in [2.24, 2.45) is 0 Å². The lowest BCUT2D eigenvalue weighted by molar-refractivity contribution is 0.381. The van der Waals surface area contributed by atoms with Crippen molar-refractivity contribution in [3.05, 3.63) is 71.5 Å². The van der Waals surface area contributed by atoms with Gasteiger partial charge in [-0.15, -0.1) is 0 Å². The predicted octanol–water partition coefficient (Wildman–Crippen LogP) is 4.21. The van der Waals surface area contributed by atoms with Gasteiger partial charge in [-0.05, 0) is 43.3 Å². The Morgan fingerprint density at radius 2 is 1.86 bits per heavy atom. The number of hydrogen-bond donors (Lipinski definition) is 1. The molecule has 4 rings (SSSR count). The summed E-state index contributed by atoms with van der Waals surface area (Å²) in [6.45, 7) is 2.54. The van der Waals surface area contributed by atoms with Gasteiger partial charge < -0.3 is 9.84 Å². The minimum absolute atomic E-state index is 0.545. The lowest BCUT2D eigenvalue weighted by Gasteiger charge is -2.07. The zero-order chi connectivity index (χ0) is 19.3. The highest BCUT2D eigenvalue weighted by molar-refractivity contribution is 6.30. The van der Waals surface area contributed by atoms with Gasteiger partial charge in [-0.25, -0.2) is 9.97 Å². The van der Waals surface area contributed by atoms with E-state index in [1.165, 1.54) is 0 Å². The molecule has 0 radical (unpaired) electrons. The van der Waals surface area contributed by atoms with Gasteiger partial charge in [-0.3, -0.25) is 4.98 Å². The summed E-state index contributed by atoms with van der Waals surface area (Å²) in [6.07, 6.45) is 4.04. The quantitative estimate of drug-likeness (QED) is 0.525. The van der Waals surface area contributed by atoms with E-state index >= 15 is 0 Å². The topological polar surface area (TPSA) is 89.6 Å². The molecule has 3 aromatic heterocycles. The number of halogens is 1. The molecule has 7 nitrogen and oxygen atoms in total. The zero-order valence-electron chi connectivity index (χ0n) is 15.1. The van der Waals surface area contributed by atoms with Gasteiger partial charge in [0, 0.05) is 53.3 Å². The van der Waals surface area contributed by atoms with Gasteiger partial charge in [0.15, 0.2) is 5.82 Å². The molecule has 0 atom stereocenters. The van der Waals surface area contributed by atoms with Crippen molar-refractivity contribution in [3.8, 4) is 22.8 Å². The van der Waals surface area contributed by atoms with Crippen molar-refractivity contribution in [3.63, 3.8) is 0 Å². The molecule has 0 unspecified atom stereocenters. The van der Waals surface area contributed by atoms with Crippen LogP contribution in [0.25, 0.3) is 22.8 Å². The molecule has 0 aliphatic rings. The molecule has 4 aromatic rings. The third kappa shape index (κ3) is 4.32. The maximum Gasteiger partial charge on any atom is 0.228 e. The number of pyridine rings is 1. The maximum absolute atomic E-state index is 5.91. The van der Waals surface area contributed by atoms with Crippen LogP contribution in [0.5, 0.6) is 0 Å². The fourth-order valence-electron chi connectivity index (χ4n) is 2.65. The van der Waals surface area contributed by atoms with E-state index in [1.807, 2.05) is 37.3 Å². The van der Waals surface area contributed by atoms with E-state index in [4.69, 9.17) is 16.1 Å². The molecule has 0 aliphatic carbocycles. The lowest BCUT2D eigenvalue weighted by Crippen LogP contribution is -2.08. The number of aryl methyl sites for hydroxylation is 1. The number of rotatable bonds is 6. The number of hydrogen-bond acceptors (Lipinski definition) is 7. The summed E-state index contributed by atoms with van der Waals surface area (Å²) >= 11 is 5.91. The summed E-state index contributed by atoms with van der Waals surface area (Å²) in [7, 11) is 0. The minimum Gasteiger partial charge on any atom is -0.369 e. The van der Waals surface area contributed by atoms with Crippen LogP contribution in [0.15, 0.2) is 59.4 Å². The van der Waals surface area contributed by atoms with Crippen molar-refractivity contribution in [1.82, 2.24) is 25.1 Å². The van der Waals surface area contributed by atoms with Crippen LogP contribution in [0.3, 0.4) is 0 Å². The lowest BCUT2D eigenvalue weighted by atomic mass is 10.2. The average molecular weight is 393 g/mol. The molecule has 0 bridgehead atoms. The number of nitrogens with one attached hydrogen (secondary N) is 1. The van der Waals surface area contributed by atoms with Gasteiger partial charge in [0.05, 0.1) is 0 Å². The second-order valence-corrected chi connectivity index (χ2v) is 6.59. The van der Waals surface area contributed by atoms with Crippen LogP contribution in [0.1, 0.15) is 11.6 Å². The van der Waals surface area contributed by atoms with Crippen LogP contribution in [-0.4, -0.2) is 31.6 Å². The predicted molar refractivity (Wildman–Crippen MR) is 107 cm³/mol. The van der Waals surface area contributed by atoms with Gasteiger partial charge in [-0.1, -0.05) is 16.8 Å². The molecule has 0 aliphatic heterocycles. The first-order chi connectivity index (χ1) is 13.7. The zero-order valence-corrected chi connectivity index (χ0v) is 15.9. The van der Waals surface area contributed by atoms with Crippen LogP contribution >= 0.6 is 11.6 Å². The summed E-state index contributed by atoms with van der Waals surface area (Å²) in [5.74, 6) is 2.47. The Morgan fingerprint density at radius 1 is 1.00 bits per heavy atom. The average Bonchev–Trinajstić information content (AvgIpc) is 3.18. The molecule has 0 spiro atoms. The first-order valence-electron chi connectivity index (χ1n) is 8.76. The molecule has 0 saturated heterocycles. The molecule has 8 heteroatoms. The van der Waals surface area contributed by atoms with Gasteiger partial charge in [-0.2, -0.15) is 4.98 Å². The summed E-state index contributed by atoms with van der Waals surface area (Å²) in [5.41, 5.74) is 2.61. The number of nitrogens with zero attached hydrogens (tertiary/aromatic N) is 5. The summed E-state index contributed by atoms with van der Waals surface area (Å²) in [5, 5.41) is 7.97. The third-order valence-electron chi connectivity index (χ3n) is 3.99. The van der Waals surface area contributed by atoms with Crippen LogP contribution in [-0.2, 0) is 6.42 Å². The van der Waals surface area contributed by atoms with Crippen molar-refractivity contribution in [1.29, 1.82) is 0 Å². The van der Waals surface area contributed by atoms with Crippen molar-refractivity contribution in [2.75, 3.05) is 11.9 Å². The SMILES string of the molecule is Cc1cc(NCCc2nc(-c3ccc(Cl)cc3)no2)nc(-c2cccnc2)n1. The summed E-state index contributed by atoms with van der Waals surface area (Å²) in [6, 6.07) is 13.0. The molecular weight excluding hydrogens is 376 g/mol. The van der Waals surface area contributed by atoms with E-state index in [9.17, 15) is 0 Å². The van der Waals surface area contributed by atoms with Crippen LogP contribution in [0.4, 0.5) is 5.82 Å². The van der Waals surface area contributed by atoms with E-state index in [-0.39, 0.29) is 0 Å². The highest BCUT2D eigenvalue weighted by Gasteiger charge is 2.09. The molecule has 1 aromatic carbocycles. The first kappa shape index (κ1) is 18.1. The standard InChI is InChI=1S/C20H17ClN6O/c1-13-11-17(25-19(24-13)15-3-2-9-22-12-15)23-10-8-18-26-20(27-28-18)14-4-6-16(21)7-5-14/h2-7,9,11-12H,8,10H2,1H3,(H,23,24,25). The van der Waals surface area contributed by atoms with Gasteiger partial charge in [0.25, 0.3) is 0 Å². The molecular formula is C20H17ClN6O. The largest absolute Gasteiger partial charge is 0.369 e. The second-order valence-electron chi connectivity index (χ2n) is 6.16. The maximum atomic E-state index is 5.91. The Kier molecular flexibility index (Phi) is 5.25. The molecule has 140 valence electrons. The number of aromatic nitrogens is 5. The van der Waals surface area contributed by atoms with E-state index in [0.717, 1.165) is 22.6 Å². The van der Waals surface area contributed by atoms with Gasteiger partial charge in [0.1, 0.15) is 5.82 Å². The van der Waals surface area contributed by atoms with Crippen molar-refractivity contribution in [2.45, 2.75) is 13.3 Å². The molecule has 28 heavy (non-hydrogen) atoms.